The van der Waals surface area contributed by atoms with Crippen LogP contribution in [-0.4, -0.2) is 30.9 Å². The Bertz CT molecular complexity index is 794. The van der Waals surface area contributed by atoms with E-state index in [1.54, 1.807) is 0 Å². The number of hydrogen-bond donors (Lipinski definition) is 1. The summed E-state index contributed by atoms with van der Waals surface area (Å²) < 4.78 is 0. The first-order valence-electron chi connectivity index (χ1n) is 13.8. The second kappa shape index (κ2) is 8.67. The summed E-state index contributed by atoms with van der Waals surface area (Å²) in [5.74, 6) is 6.56. The zero-order valence-electron chi connectivity index (χ0n) is 21.0. The van der Waals surface area contributed by atoms with Gasteiger partial charge in [-0.05, 0) is 123 Å². The van der Waals surface area contributed by atoms with E-state index in [0.29, 0.717) is 11.3 Å². The molecule has 1 N–H and O–H groups in total. The average molecular weight is 443 g/mol. The van der Waals surface area contributed by atoms with E-state index in [1.807, 2.05) is 11.7 Å². The zero-order valence-corrected chi connectivity index (χ0v) is 21.0. The zero-order chi connectivity index (χ0) is 22.5. The van der Waals surface area contributed by atoms with Crippen LogP contribution in [0.5, 0.6) is 0 Å². The lowest BCUT2D eigenvalue weighted by molar-refractivity contribution is -0.138. The number of hydrogen-bond acceptors (Lipinski definition) is 4. The van der Waals surface area contributed by atoms with Crippen LogP contribution in [0.15, 0.2) is 0 Å². The predicted octanol–water partition coefficient (Wildman–Crippen LogP) is 5.81. The normalized spacial score (nSPS) is 44.9. The summed E-state index contributed by atoms with van der Waals surface area (Å²) in [5, 5.41) is 24.0. The SMILES string of the molecule is CCC[C@@]1(O)CC[C@H]2[C@@H](CC[C@@H]3[C@@H]2CC[C@]2(C)[C@@H]([C@H](C)Cn4nnc(C)n4)CCC[C@@H]32)C1. The molecule has 32 heavy (non-hydrogen) atoms. The van der Waals surface area contributed by atoms with Crippen molar-refractivity contribution in [2.75, 3.05) is 0 Å². The fourth-order valence-electron chi connectivity index (χ4n) is 9.61. The molecule has 9 atom stereocenters. The summed E-state index contributed by atoms with van der Waals surface area (Å²) in [7, 11) is 0. The van der Waals surface area contributed by atoms with Crippen molar-refractivity contribution in [3.8, 4) is 0 Å². The van der Waals surface area contributed by atoms with Crippen LogP contribution in [0, 0.1) is 53.8 Å². The van der Waals surface area contributed by atoms with E-state index in [4.69, 9.17) is 0 Å². The van der Waals surface area contributed by atoms with Crippen LogP contribution in [0.4, 0.5) is 0 Å². The molecule has 4 saturated carbocycles. The van der Waals surface area contributed by atoms with E-state index in [9.17, 15) is 5.11 Å². The third-order valence-corrected chi connectivity index (χ3v) is 10.8. The van der Waals surface area contributed by atoms with Gasteiger partial charge in [0.15, 0.2) is 5.82 Å². The summed E-state index contributed by atoms with van der Waals surface area (Å²) in [6.45, 7) is 10.2. The summed E-state index contributed by atoms with van der Waals surface area (Å²) in [6.07, 6.45) is 15.4. The van der Waals surface area contributed by atoms with E-state index in [-0.39, 0.29) is 5.60 Å². The van der Waals surface area contributed by atoms with E-state index >= 15 is 0 Å². The Labute approximate surface area is 195 Å². The first-order valence-corrected chi connectivity index (χ1v) is 13.8. The highest BCUT2D eigenvalue weighted by Gasteiger charge is 2.56. The van der Waals surface area contributed by atoms with Gasteiger partial charge < -0.3 is 5.11 Å². The van der Waals surface area contributed by atoms with Gasteiger partial charge in [-0.15, -0.1) is 10.2 Å². The van der Waals surface area contributed by atoms with Crippen molar-refractivity contribution >= 4 is 0 Å². The van der Waals surface area contributed by atoms with Crippen molar-refractivity contribution in [2.24, 2.45) is 46.8 Å². The molecule has 0 aromatic carbocycles. The van der Waals surface area contributed by atoms with Crippen LogP contribution in [0.3, 0.4) is 0 Å². The second-order valence-electron chi connectivity index (χ2n) is 12.6. The number of rotatable bonds is 5. The molecule has 0 amide bonds. The molecule has 1 heterocycles. The van der Waals surface area contributed by atoms with Gasteiger partial charge in [0.1, 0.15) is 0 Å². The summed E-state index contributed by atoms with van der Waals surface area (Å²) in [4.78, 5) is 1.84. The van der Waals surface area contributed by atoms with Gasteiger partial charge in [-0.1, -0.05) is 33.6 Å². The lowest BCUT2D eigenvalue weighted by Gasteiger charge is -2.62. The molecule has 0 radical (unpaired) electrons. The minimum atomic E-state index is -0.356. The quantitative estimate of drug-likeness (QED) is 0.625. The minimum Gasteiger partial charge on any atom is -0.390 e. The highest BCUT2D eigenvalue weighted by atomic mass is 16.3. The average Bonchev–Trinajstić information content (AvgIpc) is 3.16. The van der Waals surface area contributed by atoms with Crippen molar-refractivity contribution in [3.05, 3.63) is 5.82 Å². The first kappa shape index (κ1) is 22.8. The molecule has 0 bridgehead atoms. The van der Waals surface area contributed by atoms with Gasteiger partial charge in [0.05, 0.1) is 12.1 Å². The number of fused-ring (bicyclic) bond motifs is 5. The molecular formula is C27H46N4O. The molecule has 4 fully saturated rings. The maximum absolute atomic E-state index is 11.1. The lowest BCUT2D eigenvalue weighted by atomic mass is 9.44. The van der Waals surface area contributed by atoms with Crippen molar-refractivity contribution < 1.29 is 5.11 Å². The van der Waals surface area contributed by atoms with Crippen molar-refractivity contribution in [2.45, 2.75) is 117 Å². The monoisotopic (exact) mass is 442 g/mol. The topological polar surface area (TPSA) is 63.8 Å². The fraction of sp³-hybridized carbons (Fsp3) is 0.963. The van der Waals surface area contributed by atoms with E-state index in [0.717, 1.165) is 73.6 Å². The number of aromatic nitrogens is 4. The minimum absolute atomic E-state index is 0.356. The highest BCUT2D eigenvalue weighted by molar-refractivity contribution is 5.06. The van der Waals surface area contributed by atoms with Crippen LogP contribution in [0.2, 0.25) is 0 Å². The van der Waals surface area contributed by atoms with Gasteiger partial charge in [0.2, 0.25) is 0 Å². The Hall–Kier alpha value is -0.970. The number of tetrazole rings is 1. The molecule has 0 unspecified atom stereocenters. The molecule has 5 heteroatoms. The summed E-state index contributed by atoms with van der Waals surface area (Å²) in [5.41, 5.74) is 0.115. The summed E-state index contributed by atoms with van der Waals surface area (Å²) >= 11 is 0. The van der Waals surface area contributed by atoms with Crippen LogP contribution in [0.1, 0.15) is 104 Å². The molecule has 5 rings (SSSR count). The molecule has 0 aliphatic heterocycles. The molecule has 0 spiro atoms. The summed E-state index contributed by atoms with van der Waals surface area (Å²) in [6, 6.07) is 0. The van der Waals surface area contributed by atoms with Gasteiger partial charge in [-0.25, -0.2) is 0 Å². The Morgan fingerprint density at radius 3 is 2.62 bits per heavy atom. The van der Waals surface area contributed by atoms with Gasteiger partial charge in [0, 0.05) is 0 Å². The number of nitrogens with zero attached hydrogens (tertiary/aromatic N) is 4. The van der Waals surface area contributed by atoms with Crippen molar-refractivity contribution in [1.82, 2.24) is 20.2 Å². The van der Waals surface area contributed by atoms with Gasteiger partial charge >= 0.3 is 0 Å². The largest absolute Gasteiger partial charge is 0.390 e. The molecule has 0 saturated heterocycles. The van der Waals surface area contributed by atoms with Crippen LogP contribution >= 0.6 is 0 Å². The van der Waals surface area contributed by atoms with E-state index in [2.05, 4.69) is 36.2 Å². The maximum Gasteiger partial charge on any atom is 0.171 e. The molecule has 4 aliphatic carbocycles. The molecule has 1 aromatic heterocycles. The van der Waals surface area contributed by atoms with Crippen LogP contribution < -0.4 is 0 Å². The lowest BCUT2D eigenvalue weighted by Crippen LogP contribution is -2.55. The standard InChI is InChI=1S/C27H46N4O/c1-5-13-27(32)15-12-21-20(16-27)9-10-23-22(21)11-14-26(4)24(7-6-8-25(23)26)18(2)17-31-29-19(3)28-30-31/h18,20-25,32H,5-17H2,1-4H3/t18-,20+,21+,22-,23-,24-,25+,26-,27-/m1/s1. The Kier molecular flexibility index (Phi) is 6.18. The molecular weight excluding hydrogens is 396 g/mol. The Morgan fingerprint density at radius 2 is 1.88 bits per heavy atom. The van der Waals surface area contributed by atoms with Gasteiger partial charge in [-0.2, -0.15) is 4.80 Å². The van der Waals surface area contributed by atoms with Gasteiger partial charge in [-0.3, -0.25) is 0 Å². The van der Waals surface area contributed by atoms with E-state index < -0.39 is 0 Å². The number of aryl methyl sites for hydroxylation is 1. The van der Waals surface area contributed by atoms with Crippen LogP contribution in [-0.2, 0) is 6.54 Å². The predicted molar refractivity (Wildman–Crippen MR) is 127 cm³/mol. The van der Waals surface area contributed by atoms with Crippen molar-refractivity contribution in [1.29, 1.82) is 0 Å². The molecule has 4 aliphatic rings. The molecule has 180 valence electrons. The Balaban J connectivity index is 1.30. The van der Waals surface area contributed by atoms with Crippen LogP contribution in [0.25, 0.3) is 0 Å². The highest BCUT2D eigenvalue weighted by Crippen LogP contribution is 2.64. The second-order valence-corrected chi connectivity index (χ2v) is 12.6. The third-order valence-electron chi connectivity index (χ3n) is 10.8. The number of aliphatic hydroxyl groups is 1. The van der Waals surface area contributed by atoms with E-state index in [1.165, 1.54) is 51.4 Å². The molecule has 1 aromatic rings. The van der Waals surface area contributed by atoms with Gasteiger partial charge in [0.25, 0.3) is 0 Å². The van der Waals surface area contributed by atoms with Crippen molar-refractivity contribution in [3.63, 3.8) is 0 Å². The maximum atomic E-state index is 11.1. The molecule has 5 nitrogen and oxygen atoms in total. The fourth-order valence-corrected chi connectivity index (χ4v) is 9.61. The Morgan fingerprint density at radius 1 is 1.06 bits per heavy atom. The first-order chi connectivity index (χ1) is 15.3. The third kappa shape index (κ3) is 3.95. The smallest absolute Gasteiger partial charge is 0.171 e.